The number of hydrogen-bond donors (Lipinski definition) is 1. The molecule has 0 fully saturated rings. The van der Waals surface area contributed by atoms with Crippen LogP contribution in [0.1, 0.15) is 37.6 Å². The number of carbonyl (C=O) groups is 2. The van der Waals surface area contributed by atoms with E-state index in [1.807, 2.05) is 32.0 Å². The fraction of sp³-hybridized carbons (Fsp3) is 0.320. The molecule has 2 aromatic carbocycles. The number of nitrogens with zero attached hydrogens (tertiary/aromatic N) is 5. The first-order valence-corrected chi connectivity index (χ1v) is 12.5. The maximum Gasteiger partial charge on any atom is 0.253 e. The van der Waals surface area contributed by atoms with Gasteiger partial charge in [-0.2, -0.15) is 0 Å². The molecule has 34 heavy (non-hydrogen) atoms. The van der Waals surface area contributed by atoms with Crippen molar-refractivity contribution in [2.45, 2.75) is 38.9 Å². The van der Waals surface area contributed by atoms with Gasteiger partial charge in [0.2, 0.25) is 11.1 Å². The summed E-state index contributed by atoms with van der Waals surface area (Å²) in [4.78, 5) is 31.6. The van der Waals surface area contributed by atoms with Gasteiger partial charge in [-0.1, -0.05) is 43.0 Å². The number of anilines is 1. The van der Waals surface area contributed by atoms with Gasteiger partial charge in [-0.15, -0.1) is 10.2 Å². The fourth-order valence-corrected chi connectivity index (χ4v) is 4.53. The van der Waals surface area contributed by atoms with Gasteiger partial charge < -0.3 is 14.8 Å². The number of benzene rings is 2. The molecule has 0 atom stereocenters. The van der Waals surface area contributed by atoms with Crippen LogP contribution in [0.2, 0.25) is 0 Å². The summed E-state index contributed by atoms with van der Waals surface area (Å²) in [6, 6.07) is 15.1. The minimum atomic E-state index is -0.199. The molecule has 176 valence electrons. The van der Waals surface area contributed by atoms with Gasteiger partial charge in [-0.3, -0.25) is 9.59 Å². The summed E-state index contributed by atoms with van der Waals surface area (Å²) in [6.45, 7) is 8.12. The highest BCUT2D eigenvalue weighted by molar-refractivity contribution is 7.99. The molecule has 1 N–H and O–H groups in total. The summed E-state index contributed by atoms with van der Waals surface area (Å²) in [6.07, 6.45) is 0.971. The first kappa shape index (κ1) is 23.7. The summed E-state index contributed by atoms with van der Waals surface area (Å²) in [5, 5.41) is 13.0. The predicted octanol–water partition coefficient (Wildman–Crippen LogP) is 4.60. The summed E-state index contributed by atoms with van der Waals surface area (Å²) in [5.41, 5.74) is 3.77. The molecule has 4 aromatic rings. The van der Waals surface area contributed by atoms with E-state index in [1.54, 1.807) is 29.2 Å². The van der Waals surface area contributed by atoms with Crippen LogP contribution in [-0.2, 0) is 11.3 Å². The number of thioether (sulfide) groups is 1. The molecule has 9 heteroatoms. The van der Waals surface area contributed by atoms with Crippen molar-refractivity contribution >= 4 is 51.3 Å². The Labute approximate surface area is 202 Å². The lowest BCUT2D eigenvalue weighted by Gasteiger charge is -2.19. The minimum Gasteiger partial charge on any atom is -0.339 e. The highest BCUT2D eigenvalue weighted by Gasteiger charge is 2.16. The van der Waals surface area contributed by atoms with E-state index in [0.29, 0.717) is 29.5 Å². The van der Waals surface area contributed by atoms with E-state index in [9.17, 15) is 9.59 Å². The van der Waals surface area contributed by atoms with Crippen LogP contribution in [0.3, 0.4) is 0 Å². The Kier molecular flexibility index (Phi) is 7.42. The summed E-state index contributed by atoms with van der Waals surface area (Å²) in [7, 11) is 0. The van der Waals surface area contributed by atoms with Crippen LogP contribution in [0, 0.1) is 0 Å². The monoisotopic (exact) mass is 476 g/mol. The van der Waals surface area contributed by atoms with E-state index in [4.69, 9.17) is 4.98 Å². The van der Waals surface area contributed by atoms with Crippen molar-refractivity contribution in [3.05, 3.63) is 54.1 Å². The van der Waals surface area contributed by atoms with Crippen LogP contribution in [-0.4, -0.2) is 55.3 Å². The highest BCUT2D eigenvalue weighted by atomic mass is 32.2. The number of hydrogen-bond acceptors (Lipinski definition) is 6. The molecule has 0 saturated carbocycles. The van der Waals surface area contributed by atoms with Crippen molar-refractivity contribution in [1.82, 2.24) is 24.6 Å². The van der Waals surface area contributed by atoms with Gasteiger partial charge in [0.1, 0.15) is 5.52 Å². The molecule has 0 aliphatic carbocycles. The standard InChI is InChI=1S/C25H28N6O2S/c1-4-14-31-20-13-8-7-12-19(20)22-23(31)27-25(29-28-22)34-16-21(32)26-18-11-9-10-17(15-18)24(33)30(5-2)6-3/h7-13,15H,4-6,14,16H2,1-3H3,(H,26,32). The van der Waals surface area contributed by atoms with Gasteiger partial charge in [-0.25, -0.2) is 4.98 Å². The number of rotatable bonds is 9. The predicted molar refractivity (Wildman–Crippen MR) is 136 cm³/mol. The van der Waals surface area contributed by atoms with Crippen molar-refractivity contribution < 1.29 is 9.59 Å². The number of aryl methyl sites for hydroxylation is 1. The van der Waals surface area contributed by atoms with Crippen LogP contribution >= 0.6 is 11.8 Å². The molecule has 0 spiro atoms. The highest BCUT2D eigenvalue weighted by Crippen LogP contribution is 2.27. The Hall–Kier alpha value is -3.46. The van der Waals surface area contributed by atoms with Crippen LogP contribution in [0.4, 0.5) is 5.69 Å². The molecule has 2 amide bonds. The van der Waals surface area contributed by atoms with Gasteiger partial charge in [0.25, 0.3) is 5.91 Å². The molecule has 0 bridgehead atoms. The smallest absolute Gasteiger partial charge is 0.253 e. The average Bonchev–Trinajstić information content (AvgIpc) is 3.17. The van der Waals surface area contributed by atoms with E-state index in [2.05, 4.69) is 33.1 Å². The molecule has 0 aliphatic rings. The Morgan fingerprint density at radius 3 is 2.59 bits per heavy atom. The van der Waals surface area contributed by atoms with Crippen molar-refractivity contribution in [3.63, 3.8) is 0 Å². The van der Waals surface area contributed by atoms with Gasteiger partial charge >= 0.3 is 0 Å². The Morgan fingerprint density at radius 1 is 1.03 bits per heavy atom. The van der Waals surface area contributed by atoms with Gasteiger partial charge in [0.15, 0.2) is 5.65 Å². The maximum absolute atomic E-state index is 12.6. The fourth-order valence-electron chi connectivity index (χ4n) is 3.95. The zero-order valence-corrected chi connectivity index (χ0v) is 20.4. The minimum absolute atomic E-state index is 0.0503. The van der Waals surface area contributed by atoms with Crippen molar-refractivity contribution in [1.29, 1.82) is 0 Å². The van der Waals surface area contributed by atoms with Crippen LogP contribution < -0.4 is 5.32 Å². The third-order valence-electron chi connectivity index (χ3n) is 5.58. The third-order valence-corrected chi connectivity index (χ3v) is 6.42. The van der Waals surface area contributed by atoms with Crippen LogP contribution in [0.5, 0.6) is 0 Å². The molecule has 0 saturated heterocycles. The lowest BCUT2D eigenvalue weighted by molar-refractivity contribution is -0.113. The SMILES string of the molecule is CCCn1c2ccccc2c2nnc(SCC(=O)Nc3cccc(C(=O)N(CC)CC)c3)nc21. The van der Waals surface area contributed by atoms with Gasteiger partial charge in [-0.05, 0) is 44.5 Å². The second-order valence-electron chi connectivity index (χ2n) is 7.83. The number of amides is 2. The number of para-hydroxylation sites is 1. The van der Waals surface area contributed by atoms with Crippen LogP contribution in [0.25, 0.3) is 22.1 Å². The summed E-state index contributed by atoms with van der Waals surface area (Å²) < 4.78 is 2.15. The molecular weight excluding hydrogens is 448 g/mol. The largest absolute Gasteiger partial charge is 0.339 e. The molecule has 8 nitrogen and oxygen atoms in total. The normalized spacial score (nSPS) is 11.1. The van der Waals surface area contributed by atoms with Crippen molar-refractivity contribution in [2.75, 3.05) is 24.2 Å². The second-order valence-corrected chi connectivity index (χ2v) is 8.77. The Balaban J connectivity index is 1.47. The van der Waals surface area contributed by atoms with E-state index in [-0.39, 0.29) is 17.6 Å². The molecule has 2 aromatic heterocycles. The number of aromatic nitrogens is 4. The third kappa shape index (κ3) is 4.89. The summed E-state index contributed by atoms with van der Waals surface area (Å²) >= 11 is 1.24. The Bertz CT molecular complexity index is 1330. The lowest BCUT2D eigenvalue weighted by Crippen LogP contribution is -2.30. The Morgan fingerprint density at radius 2 is 1.82 bits per heavy atom. The first-order chi connectivity index (χ1) is 16.5. The number of carbonyl (C=O) groups excluding carboxylic acids is 2. The molecule has 2 heterocycles. The lowest BCUT2D eigenvalue weighted by atomic mass is 10.1. The van der Waals surface area contributed by atoms with Crippen molar-refractivity contribution in [2.24, 2.45) is 0 Å². The van der Waals surface area contributed by atoms with E-state index in [1.165, 1.54) is 11.8 Å². The number of nitrogens with one attached hydrogen (secondary N) is 1. The van der Waals surface area contributed by atoms with E-state index < -0.39 is 0 Å². The zero-order chi connectivity index (χ0) is 24.1. The van der Waals surface area contributed by atoms with E-state index in [0.717, 1.165) is 35.0 Å². The average molecular weight is 477 g/mol. The molecule has 0 aliphatic heterocycles. The van der Waals surface area contributed by atoms with Gasteiger partial charge in [0.05, 0.1) is 11.3 Å². The second kappa shape index (κ2) is 10.6. The zero-order valence-electron chi connectivity index (χ0n) is 19.6. The van der Waals surface area contributed by atoms with Crippen LogP contribution in [0.15, 0.2) is 53.7 Å². The quantitative estimate of drug-likeness (QED) is 0.355. The first-order valence-electron chi connectivity index (χ1n) is 11.5. The van der Waals surface area contributed by atoms with E-state index >= 15 is 0 Å². The molecular formula is C25H28N6O2S. The molecule has 4 rings (SSSR count). The maximum atomic E-state index is 12.6. The van der Waals surface area contributed by atoms with Crippen molar-refractivity contribution in [3.8, 4) is 0 Å². The topological polar surface area (TPSA) is 93.0 Å². The number of fused-ring (bicyclic) bond motifs is 3. The molecule has 0 radical (unpaired) electrons. The summed E-state index contributed by atoms with van der Waals surface area (Å²) in [5.74, 6) is -0.115. The van der Waals surface area contributed by atoms with Gasteiger partial charge in [0, 0.05) is 36.3 Å². The molecule has 0 unspecified atom stereocenters.